The zero-order valence-corrected chi connectivity index (χ0v) is 47.1. The number of carbonyl (C=O) groups is 2. The molecule has 20 atom stereocenters. The molecule has 0 radical (unpaired) electrons. The van der Waals surface area contributed by atoms with Crippen LogP contribution in [0.15, 0.2) is 0 Å². The Labute approximate surface area is 444 Å². The molecule has 8 fully saturated rings. The van der Waals surface area contributed by atoms with Crippen LogP contribution >= 0.6 is 0 Å². The average Bonchev–Trinajstić information content (AvgIpc) is 3.87. The van der Waals surface area contributed by atoms with Gasteiger partial charge in [0.05, 0.1) is 35.9 Å². The molecule has 74 heavy (non-hydrogen) atoms. The van der Waals surface area contributed by atoms with Crippen molar-refractivity contribution >= 4 is 32.1 Å². The number of ether oxygens (including phenoxy) is 2. The van der Waals surface area contributed by atoms with E-state index < -0.39 is 31.7 Å². The third-order valence-corrected chi connectivity index (χ3v) is 24.3. The van der Waals surface area contributed by atoms with Crippen molar-refractivity contribution in [1.29, 1.82) is 0 Å². The summed E-state index contributed by atoms with van der Waals surface area (Å²) in [5.74, 6) is 15.9. The van der Waals surface area contributed by atoms with E-state index in [1.54, 1.807) is 0 Å². The molecule has 8 rings (SSSR count). The molecule has 0 aromatic carbocycles. The Bertz CT molecular complexity index is 2200. The van der Waals surface area contributed by atoms with Gasteiger partial charge in [-0.3, -0.25) is 18.7 Å². The van der Waals surface area contributed by atoms with Gasteiger partial charge in [0.2, 0.25) is 11.8 Å². The summed E-state index contributed by atoms with van der Waals surface area (Å²) in [4.78, 5) is 25.0. The van der Waals surface area contributed by atoms with Crippen molar-refractivity contribution in [3.8, 4) is 23.7 Å². The number of fused-ring (bicyclic) bond motifs is 10. The first-order chi connectivity index (χ1) is 34.9. The van der Waals surface area contributed by atoms with Gasteiger partial charge in [0, 0.05) is 25.9 Å². The second kappa shape index (κ2) is 23.2. The summed E-state index contributed by atoms with van der Waals surface area (Å²) in [7, 11) is -8.22. The SMILES string of the molecule is C[C@H](CCC(=O)NCCS(=O)(=O)O)[C@H]1CC[C@@H]2C3[C@@H](CC[C@@]21C)[C@@]1(C)CC[C@H](OCC#CC#CCO[C@H]2CC[C@@]4(C)C(C2)C[C@H](O)C2[C@H]5CC[C@H]([C@H](C)CCC(=O)NCCS(=O)(=O)O)[C@@]5(C)CC[C@H]24)CC1C[C@@H]3O. The summed E-state index contributed by atoms with van der Waals surface area (Å²) >= 11 is 0. The molecule has 0 bridgehead atoms. The van der Waals surface area contributed by atoms with Gasteiger partial charge >= 0.3 is 0 Å². The quantitative estimate of drug-likeness (QED) is 0.0570. The van der Waals surface area contributed by atoms with E-state index in [0.29, 0.717) is 97.1 Å². The monoisotopic (exact) mass is 1070 g/mol. The predicted molar refractivity (Wildman–Crippen MR) is 284 cm³/mol. The largest absolute Gasteiger partial charge is 0.393 e. The van der Waals surface area contributed by atoms with E-state index >= 15 is 0 Å². The van der Waals surface area contributed by atoms with Gasteiger partial charge in [-0.25, -0.2) is 0 Å². The first-order valence-electron chi connectivity index (χ1n) is 28.8. The third-order valence-electron chi connectivity index (χ3n) is 22.8. The van der Waals surface area contributed by atoms with Gasteiger partial charge in [-0.05, 0) is 220 Å². The van der Waals surface area contributed by atoms with Crippen molar-refractivity contribution in [1.82, 2.24) is 10.6 Å². The van der Waals surface area contributed by atoms with Gasteiger partial charge < -0.3 is 30.3 Å². The lowest BCUT2D eigenvalue weighted by atomic mass is 9.43. The van der Waals surface area contributed by atoms with Gasteiger partial charge in [0.25, 0.3) is 20.2 Å². The number of hydrogen-bond acceptors (Lipinski definition) is 10. The van der Waals surface area contributed by atoms with E-state index in [9.17, 15) is 36.6 Å². The topological polar surface area (TPSA) is 226 Å². The first kappa shape index (κ1) is 57.9. The number of carbonyl (C=O) groups excluding carboxylic acids is 2. The van der Waals surface area contributed by atoms with Crippen LogP contribution in [0, 0.1) is 116 Å². The van der Waals surface area contributed by atoms with Gasteiger partial charge in [-0.15, -0.1) is 0 Å². The maximum atomic E-state index is 12.5. The summed E-state index contributed by atoms with van der Waals surface area (Å²) in [5, 5.41) is 29.1. The van der Waals surface area contributed by atoms with Crippen molar-refractivity contribution in [2.24, 2.45) is 92.7 Å². The molecular formula is C58H92N2O12S2. The van der Waals surface area contributed by atoms with Crippen LogP contribution in [0.25, 0.3) is 0 Å². The van der Waals surface area contributed by atoms with Gasteiger partial charge in [-0.1, -0.05) is 53.4 Å². The van der Waals surface area contributed by atoms with E-state index in [1.165, 1.54) is 0 Å². The minimum atomic E-state index is -4.11. The second-order valence-corrected chi connectivity index (χ2v) is 29.5. The fourth-order valence-corrected chi connectivity index (χ4v) is 19.8. The number of aliphatic hydroxyl groups is 2. The molecule has 2 amide bonds. The fraction of sp³-hybridized carbons (Fsp3) is 0.897. The van der Waals surface area contributed by atoms with Crippen LogP contribution in [0.4, 0.5) is 0 Å². The Balaban J connectivity index is 0.745. The minimum absolute atomic E-state index is 0.0855. The average molecular weight is 1070 g/mol. The Morgan fingerprint density at radius 3 is 1.30 bits per heavy atom. The second-order valence-electron chi connectivity index (χ2n) is 26.4. The summed E-state index contributed by atoms with van der Waals surface area (Å²) in [6, 6.07) is 0. The summed E-state index contributed by atoms with van der Waals surface area (Å²) in [6.07, 6.45) is 18.4. The highest BCUT2D eigenvalue weighted by molar-refractivity contribution is 7.86. The molecule has 0 saturated heterocycles. The number of nitrogens with one attached hydrogen (secondary N) is 2. The lowest BCUT2D eigenvalue weighted by Gasteiger charge is -2.62. The van der Waals surface area contributed by atoms with Crippen LogP contribution in [0.5, 0.6) is 0 Å². The van der Waals surface area contributed by atoms with Gasteiger partial charge in [0.1, 0.15) is 13.2 Å². The lowest BCUT2D eigenvalue weighted by molar-refractivity contribution is -0.177. The molecule has 14 nitrogen and oxygen atoms in total. The Kier molecular flexibility index (Phi) is 18.1. The van der Waals surface area contributed by atoms with Crippen molar-refractivity contribution in [2.45, 2.75) is 194 Å². The Hall–Kier alpha value is -2.28. The maximum absolute atomic E-state index is 12.5. The highest BCUT2D eigenvalue weighted by Crippen LogP contribution is 2.70. The lowest BCUT2D eigenvalue weighted by Crippen LogP contribution is -2.58. The summed E-state index contributed by atoms with van der Waals surface area (Å²) in [6.45, 7) is 14.9. The standard InChI is InChI=1S/C58H92N2O12S2/c1-37(11-17-51(63)59-27-31-73(65,66)67)43-13-15-45-53-47(21-25-57(43,45)5)55(3)23-19-41(33-39(55)35-49(53)61)71-29-9-7-8-10-30-72-42-20-24-56(4)40(34-42)36-50(62)54-46-16-14-44(58(46,6)26-22-48(54)56)38(2)12-18-52(64)60-28-32-74(68,69)70/h37-50,53-54,61-62H,11-36H2,1-6H3,(H,59,63)(H,60,64)(H,65,66,67)(H,68,69,70)/t37-,38-,39?,40?,41+,42+,43-,44-,45-,46-,47-,48-,49+,50+,53?,54?,55+,56+,57-,58-/m1/s1. The van der Waals surface area contributed by atoms with Crippen LogP contribution in [0.1, 0.15) is 170 Å². The van der Waals surface area contributed by atoms with Gasteiger partial charge in [0.15, 0.2) is 0 Å². The fourth-order valence-electron chi connectivity index (χ4n) is 19.0. The van der Waals surface area contributed by atoms with Crippen molar-refractivity contribution in [3.05, 3.63) is 0 Å². The van der Waals surface area contributed by atoms with Crippen LogP contribution < -0.4 is 10.6 Å². The Morgan fingerprint density at radius 1 is 0.554 bits per heavy atom. The van der Waals surface area contributed by atoms with E-state index in [4.69, 9.17) is 18.6 Å². The highest BCUT2D eigenvalue weighted by atomic mass is 32.2. The van der Waals surface area contributed by atoms with E-state index in [2.05, 4.69) is 75.9 Å². The molecule has 0 aromatic heterocycles. The van der Waals surface area contributed by atoms with E-state index in [-0.39, 0.29) is 71.0 Å². The maximum Gasteiger partial charge on any atom is 0.266 e. The van der Waals surface area contributed by atoms with Crippen LogP contribution in [-0.2, 0) is 39.3 Å². The number of hydrogen-bond donors (Lipinski definition) is 6. The zero-order valence-electron chi connectivity index (χ0n) is 45.5. The van der Waals surface area contributed by atoms with Gasteiger partial charge in [-0.2, -0.15) is 16.8 Å². The number of aliphatic hydroxyl groups excluding tert-OH is 2. The molecule has 4 unspecified atom stereocenters. The predicted octanol–water partition coefficient (Wildman–Crippen LogP) is 7.86. The molecule has 8 aliphatic carbocycles. The highest BCUT2D eigenvalue weighted by Gasteiger charge is 2.65. The summed E-state index contributed by atoms with van der Waals surface area (Å²) in [5.41, 5.74) is 0.592. The first-order valence-corrected chi connectivity index (χ1v) is 32.1. The van der Waals surface area contributed by atoms with Crippen LogP contribution in [-0.4, -0.2) is 110 Å². The van der Waals surface area contributed by atoms with Crippen molar-refractivity contribution in [3.63, 3.8) is 0 Å². The smallest absolute Gasteiger partial charge is 0.266 e. The molecule has 0 aromatic rings. The minimum Gasteiger partial charge on any atom is -0.393 e. The summed E-state index contributed by atoms with van der Waals surface area (Å²) < 4.78 is 74.9. The molecule has 8 saturated carbocycles. The molecule has 8 aliphatic rings. The molecule has 16 heteroatoms. The molecule has 0 heterocycles. The number of rotatable bonds is 18. The van der Waals surface area contributed by atoms with E-state index in [1.807, 2.05) is 0 Å². The third kappa shape index (κ3) is 12.4. The molecule has 0 spiro atoms. The zero-order chi connectivity index (χ0) is 53.4. The van der Waals surface area contributed by atoms with E-state index in [0.717, 1.165) is 116 Å². The molecule has 0 aliphatic heterocycles. The van der Waals surface area contributed by atoms with Crippen LogP contribution in [0.3, 0.4) is 0 Å². The molecule has 6 N–H and O–H groups in total. The Morgan fingerprint density at radius 2 is 0.919 bits per heavy atom. The molecular weight excluding hydrogens is 981 g/mol. The molecule has 418 valence electrons. The van der Waals surface area contributed by atoms with Crippen molar-refractivity contribution < 1.29 is 55.2 Å². The van der Waals surface area contributed by atoms with Crippen LogP contribution in [0.2, 0.25) is 0 Å². The number of amides is 2. The van der Waals surface area contributed by atoms with Crippen molar-refractivity contribution in [2.75, 3.05) is 37.8 Å². The normalized spacial score (nSPS) is 42.2.